The van der Waals surface area contributed by atoms with Crippen LogP contribution in [0.4, 0.5) is 0 Å². The van der Waals surface area contributed by atoms with Crippen molar-refractivity contribution >= 4 is 12.2 Å². The van der Waals surface area contributed by atoms with E-state index in [0.29, 0.717) is 0 Å². The Kier molecular flexibility index (Phi) is 10.1. The number of nitrogens with zero attached hydrogens (tertiary/aromatic N) is 2. The number of hydrogen-bond donors (Lipinski definition) is 0. The van der Waals surface area contributed by atoms with Gasteiger partial charge in [-0.1, -0.05) is 0 Å². The Morgan fingerprint density at radius 2 is 2.25 bits per heavy atom. The van der Waals surface area contributed by atoms with E-state index in [4.69, 9.17) is 10.7 Å². The summed E-state index contributed by atoms with van der Waals surface area (Å²) in [6.45, 7) is 0. The molecule has 0 spiro atoms. The van der Waals surface area contributed by atoms with Gasteiger partial charge in [0.2, 0.25) is 0 Å². The van der Waals surface area contributed by atoms with Crippen LogP contribution in [0.25, 0.3) is 5.41 Å². The van der Waals surface area contributed by atoms with Crippen molar-refractivity contribution in [2.24, 2.45) is 0 Å². The largest absolute Gasteiger partial charge is 1.00 e. The normalized spacial score (nSPS) is 4.88. The molecule has 0 saturated carbocycles. The summed E-state index contributed by atoms with van der Waals surface area (Å²) in [7, 11) is 0. The molecule has 8 heavy (non-hydrogen) atoms. The van der Waals surface area contributed by atoms with Gasteiger partial charge in [0.15, 0.2) is 6.29 Å². The van der Waals surface area contributed by atoms with Crippen molar-refractivity contribution in [2.45, 2.75) is 0 Å². The molecule has 0 heterocycles. The van der Waals surface area contributed by atoms with E-state index in [1.165, 1.54) is 11.9 Å². The molecule has 0 radical (unpaired) electrons. The molecule has 4 heteroatoms. The average molecular weight is 132 g/mol. The molecular weight excluding hydrogens is 131 g/mol. The number of nitriles is 1. The Morgan fingerprint density at radius 3 is 2.25 bits per heavy atom. The van der Waals surface area contributed by atoms with Crippen molar-refractivity contribution in [2.75, 3.05) is 0 Å². The van der Waals surface area contributed by atoms with Gasteiger partial charge in [-0.3, -0.25) is 4.79 Å². The summed E-state index contributed by atoms with van der Waals surface area (Å²) in [4.78, 5) is 9.49. The van der Waals surface area contributed by atoms with Gasteiger partial charge in [-0.15, -0.1) is 0 Å². The van der Waals surface area contributed by atoms with E-state index >= 15 is 0 Å². The minimum Gasteiger partial charge on any atom is -0.762 e. The molecule has 0 bridgehead atoms. The van der Waals surface area contributed by atoms with Crippen LogP contribution in [0.5, 0.6) is 0 Å². The van der Waals surface area contributed by atoms with E-state index in [2.05, 4.69) is 0 Å². The number of aldehydes is 1. The maximum atomic E-state index is 9.49. The van der Waals surface area contributed by atoms with Crippen LogP contribution in [0.15, 0.2) is 5.57 Å². The third-order valence-corrected chi connectivity index (χ3v) is 0.359. The smallest absolute Gasteiger partial charge is 0.762 e. The van der Waals surface area contributed by atoms with E-state index in [-0.39, 0.29) is 63.2 Å². The molecule has 0 amide bonds. The Bertz CT molecular complexity index is 163. The molecule has 34 valence electrons. The van der Waals surface area contributed by atoms with E-state index in [1.807, 2.05) is 0 Å². The Labute approximate surface area is 89.3 Å². The summed E-state index contributed by atoms with van der Waals surface area (Å²) < 4.78 is 0. The fourth-order valence-corrected chi connectivity index (χ4v) is 0.0777. The van der Waals surface area contributed by atoms with Crippen molar-refractivity contribution in [3.63, 3.8) is 0 Å². The standard InChI is InChI=1S/C4HN2O.K/c5-1-4(2-6)3-7;/h3H;/q-1;+1. The minimum atomic E-state index is -0.389. The molecule has 0 atom stereocenters. The Morgan fingerprint density at radius 1 is 1.75 bits per heavy atom. The summed E-state index contributed by atoms with van der Waals surface area (Å²) in [5, 5.41) is 15.6. The van der Waals surface area contributed by atoms with Crippen LogP contribution in [0.1, 0.15) is 0 Å². The second kappa shape index (κ2) is 7.25. The zero-order chi connectivity index (χ0) is 5.70. The molecule has 0 aliphatic rings. The van der Waals surface area contributed by atoms with Gasteiger partial charge in [-0.05, 0) is 0 Å². The summed E-state index contributed by atoms with van der Waals surface area (Å²) in [5.74, 6) is 1.39. The molecule has 0 unspecified atom stereocenters. The van der Waals surface area contributed by atoms with Crippen LogP contribution in [0.2, 0.25) is 0 Å². The van der Waals surface area contributed by atoms with Gasteiger partial charge in [0.25, 0.3) is 0 Å². The van der Waals surface area contributed by atoms with E-state index in [9.17, 15) is 4.79 Å². The van der Waals surface area contributed by atoms with Crippen LogP contribution in [0, 0.1) is 11.3 Å². The van der Waals surface area contributed by atoms with Gasteiger partial charge in [0, 0.05) is 0 Å². The molecule has 0 aromatic carbocycles. The van der Waals surface area contributed by atoms with Gasteiger partial charge in [-0.25, -0.2) is 5.87 Å². The molecule has 0 saturated heterocycles. The Hall–Kier alpha value is 0.246. The molecule has 0 rings (SSSR count). The first-order valence-electron chi connectivity index (χ1n) is 1.47. The molecule has 0 N–H and O–H groups in total. The topological polar surface area (TPSA) is 63.2 Å². The fraction of sp³-hybridized carbons (Fsp3) is 0. The van der Waals surface area contributed by atoms with Gasteiger partial charge >= 0.3 is 51.4 Å². The molecule has 0 aliphatic carbocycles. The summed E-state index contributed by atoms with van der Waals surface area (Å²) in [6, 6.07) is 1.39. The zero-order valence-corrected chi connectivity index (χ0v) is 7.50. The van der Waals surface area contributed by atoms with Crippen molar-refractivity contribution < 1.29 is 56.2 Å². The molecule has 0 aromatic rings. The first-order valence-corrected chi connectivity index (χ1v) is 1.47. The number of carbonyl (C=O) groups excluding carboxylic acids is 1. The maximum Gasteiger partial charge on any atom is 1.00 e. The van der Waals surface area contributed by atoms with Crippen molar-refractivity contribution in [1.82, 2.24) is 0 Å². The van der Waals surface area contributed by atoms with Gasteiger partial charge < -0.3 is 5.41 Å². The first-order chi connectivity index (χ1) is 3.35. The number of carbonyl (C=O) groups is 1. The van der Waals surface area contributed by atoms with Crippen molar-refractivity contribution in [1.29, 1.82) is 5.26 Å². The second-order valence-electron chi connectivity index (χ2n) is 0.755. The molecule has 0 aromatic heterocycles. The van der Waals surface area contributed by atoms with Crippen molar-refractivity contribution in [3.8, 4) is 6.07 Å². The van der Waals surface area contributed by atoms with E-state index < -0.39 is 0 Å². The van der Waals surface area contributed by atoms with Crippen LogP contribution >= 0.6 is 0 Å². The molecule has 0 fully saturated rings. The summed E-state index contributed by atoms with van der Waals surface area (Å²) in [6.07, 6.45) is 0.222. The first kappa shape index (κ1) is 11.1. The van der Waals surface area contributed by atoms with Crippen molar-refractivity contribution in [3.05, 3.63) is 11.0 Å². The number of allylic oxidation sites excluding steroid dienone is 1. The maximum absolute atomic E-state index is 9.49. The van der Waals surface area contributed by atoms with E-state index in [1.54, 1.807) is 0 Å². The monoisotopic (exact) mass is 132 g/mol. The summed E-state index contributed by atoms with van der Waals surface area (Å²) in [5.41, 5.74) is -0.389. The quantitative estimate of drug-likeness (QED) is 0.124. The minimum absolute atomic E-state index is 0. The number of rotatable bonds is 1. The van der Waals surface area contributed by atoms with Gasteiger partial charge in [0.1, 0.15) is 11.6 Å². The zero-order valence-electron chi connectivity index (χ0n) is 4.38. The van der Waals surface area contributed by atoms with Crippen LogP contribution in [0.3, 0.4) is 0 Å². The van der Waals surface area contributed by atoms with Gasteiger partial charge in [0.05, 0.1) is 0 Å². The fourth-order valence-electron chi connectivity index (χ4n) is 0.0777. The second-order valence-corrected chi connectivity index (χ2v) is 0.755. The van der Waals surface area contributed by atoms with Crippen LogP contribution in [-0.4, -0.2) is 12.2 Å². The predicted octanol–water partition coefficient (Wildman–Crippen LogP) is -3.12. The third-order valence-electron chi connectivity index (χ3n) is 0.359. The Balaban J connectivity index is 0. The van der Waals surface area contributed by atoms with Gasteiger partial charge in [-0.2, -0.15) is 5.26 Å². The predicted molar refractivity (Wildman–Crippen MR) is 23.6 cm³/mol. The van der Waals surface area contributed by atoms with Crippen LogP contribution < -0.4 is 51.4 Å². The third kappa shape index (κ3) is 4.41. The molecule has 0 aliphatic heterocycles. The molecule has 3 nitrogen and oxygen atoms in total. The summed E-state index contributed by atoms with van der Waals surface area (Å²) >= 11 is 0. The molecular formula is C4HKN2O. The average Bonchev–Trinajstić information content (AvgIpc) is 1.72. The van der Waals surface area contributed by atoms with E-state index in [0.717, 1.165) is 0 Å². The van der Waals surface area contributed by atoms with Crippen LogP contribution in [-0.2, 0) is 4.79 Å². The number of hydrogen-bond acceptors (Lipinski definition) is 2. The SMILES string of the molecule is N#CC(=C=[N-])C=O.[K+].